The number of carbonyl (C=O) groups is 1. The zero-order valence-electron chi connectivity index (χ0n) is 12.2. The number of nitrogens with zero attached hydrogens (tertiary/aromatic N) is 1. The van der Waals surface area contributed by atoms with Crippen molar-refractivity contribution in [2.75, 3.05) is 0 Å². The fraction of sp³-hybridized carbons (Fsp3) is 0. The number of nitrogens with one attached hydrogen (secondary N) is 1. The van der Waals surface area contributed by atoms with Gasteiger partial charge in [0.05, 0.1) is 10.4 Å². The summed E-state index contributed by atoms with van der Waals surface area (Å²) in [6.07, 6.45) is 3.48. The first-order valence-electron chi connectivity index (χ1n) is 7.05. The predicted octanol–water partition coefficient (Wildman–Crippen LogP) is 4.47. The Morgan fingerprint density at radius 3 is 2.92 bits per heavy atom. The second-order valence-electron chi connectivity index (χ2n) is 4.94. The Bertz CT molecular complexity index is 989. The van der Waals surface area contributed by atoms with E-state index in [2.05, 4.69) is 10.3 Å². The van der Waals surface area contributed by atoms with E-state index < -0.39 is 0 Å². The topological polar surface area (TPSA) is 55.1 Å². The van der Waals surface area contributed by atoms with Crippen molar-refractivity contribution in [3.8, 4) is 0 Å². The van der Waals surface area contributed by atoms with Gasteiger partial charge in [-0.3, -0.25) is 9.78 Å². The molecule has 0 bridgehead atoms. The van der Waals surface area contributed by atoms with Gasteiger partial charge in [0.25, 0.3) is 5.91 Å². The van der Waals surface area contributed by atoms with Crippen molar-refractivity contribution in [1.82, 2.24) is 10.3 Å². The highest BCUT2D eigenvalue weighted by molar-refractivity contribution is 8.26. The number of rotatable bonds is 3. The van der Waals surface area contributed by atoms with Crippen LogP contribution >= 0.6 is 35.7 Å². The normalized spacial score (nSPS) is 16.1. The average molecular weight is 370 g/mol. The maximum absolute atomic E-state index is 11.7. The molecule has 1 saturated heterocycles. The zero-order valence-corrected chi connectivity index (χ0v) is 14.6. The molecule has 4 nitrogen and oxygen atoms in total. The number of hydrogen-bond acceptors (Lipinski definition) is 6. The van der Waals surface area contributed by atoms with Crippen LogP contribution in [0.15, 0.2) is 68.0 Å². The molecule has 0 unspecified atom stereocenters. The summed E-state index contributed by atoms with van der Waals surface area (Å²) in [4.78, 5) is 17.7. The van der Waals surface area contributed by atoms with E-state index in [9.17, 15) is 4.79 Å². The number of aromatic nitrogens is 1. The van der Waals surface area contributed by atoms with Crippen molar-refractivity contribution in [3.63, 3.8) is 0 Å². The smallest absolute Gasteiger partial charge is 0.263 e. The number of pyridine rings is 1. The number of fused-ring (bicyclic) bond motifs is 1. The van der Waals surface area contributed by atoms with Crippen molar-refractivity contribution in [3.05, 3.63) is 59.3 Å². The minimum Gasteiger partial charge on any atom is -0.450 e. The Morgan fingerprint density at radius 1 is 1.21 bits per heavy atom. The van der Waals surface area contributed by atoms with Gasteiger partial charge in [-0.15, -0.1) is 0 Å². The number of thioether (sulfide) groups is 1. The summed E-state index contributed by atoms with van der Waals surface area (Å²) in [7, 11) is 0. The van der Waals surface area contributed by atoms with Gasteiger partial charge in [-0.2, -0.15) is 0 Å². The van der Waals surface area contributed by atoms with Gasteiger partial charge in [-0.1, -0.05) is 42.2 Å². The van der Waals surface area contributed by atoms with E-state index in [0.29, 0.717) is 15.0 Å². The molecule has 2 aromatic heterocycles. The first-order valence-corrected chi connectivity index (χ1v) is 9.09. The summed E-state index contributed by atoms with van der Waals surface area (Å²) in [6.45, 7) is 0. The molecule has 1 aliphatic rings. The molecular formula is C17H10N2O2S3. The standard InChI is InChI=1S/C17H10N2O2S3/c20-16-13(24-17(22)19-16)9-11-6-7-14(21-11)23-12-5-1-3-10-4-2-8-18-15(10)12/h1-9H,(H,19,20,22)/b13-9-. The van der Waals surface area contributed by atoms with Crippen LogP contribution in [-0.4, -0.2) is 15.2 Å². The lowest BCUT2D eigenvalue weighted by atomic mass is 10.2. The molecule has 0 spiro atoms. The fourth-order valence-corrected chi connectivity index (χ4v) is 4.21. The number of furan rings is 1. The van der Waals surface area contributed by atoms with E-state index in [0.717, 1.165) is 20.9 Å². The first kappa shape index (κ1) is 15.4. The van der Waals surface area contributed by atoms with Gasteiger partial charge in [-0.05, 0) is 36.0 Å². The lowest BCUT2D eigenvalue weighted by Gasteiger charge is -2.02. The summed E-state index contributed by atoms with van der Waals surface area (Å²) in [5.41, 5.74) is 0.942. The molecule has 1 fully saturated rings. The molecule has 0 radical (unpaired) electrons. The van der Waals surface area contributed by atoms with E-state index in [1.165, 1.54) is 23.5 Å². The minimum atomic E-state index is -0.186. The van der Waals surface area contributed by atoms with Crippen LogP contribution in [0.1, 0.15) is 5.76 Å². The fourth-order valence-electron chi connectivity index (χ4n) is 2.28. The Morgan fingerprint density at radius 2 is 2.08 bits per heavy atom. The zero-order chi connectivity index (χ0) is 16.5. The minimum absolute atomic E-state index is 0.186. The monoisotopic (exact) mass is 370 g/mol. The molecule has 118 valence electrons. The maximum atomic E-state index is 11.7. The van der Waals surface area contributed by atoms with Crippen LogP contribution in [0.2, 0.25) is 0 Å². The van der Waals surface area contributed by atoms with Crippen LogP contribution in [0.5, 0.6) is 0 Å². The molecule has 0 atom stereocenters. The second kappa shape index (κ2) is 6.43. The van der Waals surface area contributed by atoms with E-state index in [1.807, 2.05) is 42.5 Å². The molecular weight excluding hydrogens is 360 g/mol. The molecule has 1 aromatic carbocycles. The van der Waals surface area contributed by atoms with Gasteiger partial charge in [-0.25, -0.2) is 0 Å². The maximum Gasteiger partial charge on any atom is 0.263 e. The van der Waals surface area contributed by atoms with Crippen molar-refractivity contribution >= 4 is 62.9 Å². The number of thiocarbonyl (C=S) groups is 1. The highest BCUT2D eigenvalue weighted by atomic mass is 32.2. The molecule has 1 N–H and O–H groups in total. The number of para-hydroxylation sites is 1. The quantitative estimate of drug-likeness (QED) is 0.542. The highest BCUT2D eigenvalue weighted by Crippen LogP contribution is 2.34. The summed E-state index contributed by atoms with van der Waals surface area (Å²) < 4.78 is 6.27. The van der Waals surface area contributed by atoms with Gasteiger partial charge in [0, 0.05) is 22.6 Å². The summed E-state index contributed by atoms with van der Waals surface area (Å²) in [6, 6.07) is 13.7. The number of hydrogen-bond donors (Lipinski definition) is 1. The van der Waals surface area contributed by atoms with E-state index in [-0.39, 0.29) is 5.91 Å². The van der Waals surface area contributed by atoms with Crippen LogP contribution < -0.4 is 5.32 Å². The lowest BCUT2D eigenvalue weighted by Crippen LogP contribution is -2.17. The highest BCUT2D eigenvalue weighted by Gasteiger charge is 2.22. The molecule has 4 rings (SSSR count). The van der Waals surface area contributed by atoms with E-state index >= 15 is 0 Å². The molecule has 1 amide bonds. The number of amides is 1. The third-order valence-corrected chi connectivity index (χ3v) is 5.46. The molecule has 7 heteroatoms. The molecule has 24 heavy (non-hydrogen) atoms. The van der Waals surface area contributed by atoms with Crippen molar-refractivity contribution < 1.29 is 9.21 Å². The van der Waals surface area contributed by atoms with Crippen LogP contribution in [0, 0.1) is 0 Å². The van der Waals surface area contributed by atoms with Gasteiger partial charge in [0.1, 0.15) is 10.1 Å². The van der Waals surface area contributed by atoms with Gasteiger partial charge in [0.15, 0.2) is 5.09 Å². The average Bonchev–Trinajstić information content (AvgIpc) is 3.14. The third-order valence-electron chi connectivity index (χ3n) is 3.32. The second-order valence-corrected chi connectivity index (χ2v) is 7.71. The lowest BCUT2D eigenvalue weighted by molar-refractivity contribution is -0.115. The number of benzene rings is 1. The van der Waals surface area contributed by atoms with Crippen LogP contribution in [-0.2, 0) is 4.79 Å². The largest absolute Gasteiger partial charge is 0.450 e. The van der Waals surface area contributed by atoms with Gasteiger partial charge >= 0.3 is 0 Å². The summed E-state index contributed by atoms with van der Waals surface area (Å²) in [5, 5.41) is 4.41. The SMILES string of the molecule is O=C1NC(=S)S/C1=C\c1ccc(Sc2cccc3cccnc23)o1. The van der Waals surface area contributed by atoms with Crippen molar-refractivity contribution in [2.24, 2.45) is 0 Å². The molecule has 3 heterocycles. The van der Waals surface area contributed by atoms with Crippen molar-refractivity contribution in [2.45, 2.75) is 9.99 Å². The summed E-state index contributed by atoms with van der Waals surface area (Å²) in [5.74, 6) is 0.432. The van der Waals surface area contributed by atoms with Crippen molar-refractivity contribution in [1.29, 1.82) is 0 Å². The van der Waals surface area contributed by atoms with E-state index in [4.69, 9.17) is 16.6 Å². The molecule has 1 aliphatic heterocycles. The van der Waals surface area contributed by atoms with Crippen LogP contribution in [0.3, 0.4) is 0 Å². The Hall–Kier alpha value is -2.09. The molecule has 0 aliphatic carbocycles. The third kappa shape index (κ3) is 3.10. The van der Waals surface area contributed by atoms with Crippen LogP contribution in [0.25, 0.3) is 17.0 Å². The van der Waals surface area contributed by atoms with E-state index in [1.54, 1.807) is 12.3 Å². The Labute approximate surface area is 151 Å². The Balaban J connectivity index is 1.60. The Kier molecular flexibility index (Phi) is 4.13. The number of carbonyl (C=O) groups excluding carboxylic acids is 1. The van der Waals surface area contributed by atoms with Gasteiger partial charge < -0.3 is 9.73 Å². The molecule has 0 saturated carbocycles. The first-order chi connectivity index (χ1) is 11.7. The predicted molar refractivity (Wildman–Crippen MR) is 101 cm³/mol. The summed E-state index contributed by atoms with van der Waals surface area (Å²) >= 11 is 7.72. The van der Waals surface area contributed by atoms with Crippen LogP contribution in [0.4, 0.5) is 0 Å². The van der Waals surface area contributed by atoms with Gasteiger partial charge in [0.2, 0.25) is 0 Å². The molecule has 3 aromatic rings.